The predicted molar refractivity (Wildman–Crippen MR) is 71.4 cm³/mol. The second-order valence-electron chi connectivity index (χ2n) is 4.47. The summed E-state index contributed by atoms with van der Waals surface area (Å²) >= 11 is 0. The van der Waals surface area contributed by atoms with E-state index in [1.165, 1.54) is 0 Å². The topological polar surface area (TPSA) is 58.4 Å². The van der Waals surface area contributed by atoms with Gasteiger partial charge in [-0.1, -0.05) is 6.07 Å². The van der Waals surface area contributed by atoms with Crippen molar-refractivity contribution in [2.75, 3.05) is 25.5 Å². The zero-order chi connectivity index (χ0) is 12.8. The highest BCUT2D eigenvalue weighted by Crippen LogP contribution is 2.13. The van der Waals surface area contributed by atoms with Gasteiger partial charge >= 0.3 is 0 Å². The van der Waals surface area contributed by atoms with E-state index in [0.29, 0.717) is 12.1 Å². The molecule has 0 saturated carbocycles. The molecule has 0 aliphatic rings. The predicted octanol–water partition coefficient (Wildman–Crippen LogP) is 1.22. The van der Waals surface area contributed by atoms with Crippen molar-refractivity contribution in [3.8, 4) is 0 Å². The number of benzene rings is 1. The van der Waals surface area contributed by atoms with Crippen molar-refractivity contribution in [2.45, 2.75) is 19.4 Å². The fourth-order valence-electron chi connectivity index (χ4n) is 1.44. The van der Waals surface area contributed by atoms with E-state index in [4.69, 9.17) is 5.73 Å². The maximum absolute atomic E-state index is 11.8. The minimum absolute atomic E-state index is 0.0469. The first-order valence-electron chi connectivity index (χ1n) is 5.82. The molecule has 4 nitrogen and oxygen atoms in total. The molecule has 1 atom stereocenters. The quantitative estimate of drug-likeness (QED) is 0.806. The van der Waals surface area contributed by atoms with E-state index < -0.39 is 0 Å². The fraction of sp³-hybridized carbons (Fsp3) is 0.462. The van der Waals surface area contributed by atoms with Crippen LogP contribution in [0.2, 0.25) is 0 Å². The van der Waals surface area contributed by atoms with Crippen LogP contribution in [0.1, 0.15) is 23.7 Å². The van der Waals surface area contributed by atoms with Crippen molar-refractivity contribution < 1.29 is 4.79 Å². The average molecular weight is 235 g/mol. The summed E-state index contributed by atoms with van der Waals surface area (Å²) in [4.78, 5) is 13.8. The number of hydrogen-bond acceptors (Lipinski definition) is 3. The van der Waals surface area contributed by atoms with Crippen molar-refractivity contribution >= 4 is 11.6 Å². The van der Waals surface area contributed by atoms with Gasteiger partial charge in [0.05, 0.1) is 0 Å². The van der Waals surface area contributed by atoms with Crippen LogP contribution < -0.4 is 16.0 Å². The van der Waals surface area contributed by atoms with Crippen molar-refractivity contribution in [3.63, 3.8) is 0 Å². The highest BCUT2D eigenvalue weighted by Gasteiger charge is 2.06. The molecule has 0 radical (unpaired) electrons. The van der Waals surface area contributed by atoms with E-state index >= 15 is 0 Å². The Morgan fingerprint density at radius 2 is 2.18 bits per heavy atom. The van der Waals surface area contributed by atoms with Gasteiger partial charge in [0.25, 0.3) is 5.91 Å². The van der Waals surface area contributed by atoms with Crippen LogP contribution in [0.3, 0.4) is 0 Å². The number of nitrogens with two attached hydrogens (primary N) is 1. The van der Waals surface area contributed by atoms with E-state index in [1.807, 2.05) is 50.2 Å². The Labute approximate surface area is 103 Å². The van der Waals surface area contributed by atoms with Gasteiger partial charge in [0, 0.05) is 37.9 Å². The van der Waals surface area contributed by atoms with Crippen LogP contribution in [-0.2, 0) is 0 Å². The Bertz CT molecular complexity index is 375. The van der Waals surface area contributed by atoms with Crippen molar-refractivity contribution in [1.82, 2.24) is 5.32 Å². The Kier molecular flexibility index (Phi) is 4.97. The molecule has 4 heteroatoms. The first-order chi connectivity index (χ1) is 8.00. The fourth-order valence-corrected chi connectivity index (χ4v) is 1.44. The summed E-state index contributed by atoms with van der Waals surface area (Å²) in [6.45, 7) is 2.54. The monoisotopic (exact) mass is 235 g/mol. The molecule has 1 aromatic carbocycles. The van der Waals surface area contributed by atoms with Gasteiger partial charge < -0.3 is 16.0 Å². The first kappa shape index (κ1) is 13.5. The Hall–Kier alpha value is -1.55. The summed E-state index contributed by atoms with van der Waals surface area (Å²) in [6, 6.07) is 7.66. The second-order valence-corrected chi connectivity index (χ2v) is 4.47. The second kappa shape index (κ2) is 6.25. The van der Waals surface area contributed by atoms with E-state index in [2.05, 4.69) is 5.32 Å². The lowest BCUT2D eigenvalue weighted by Crippen LogP contribution is -2.29. The minimum atomic E-state index is -0.0469. The molecule has 1 aromatic rings. The van der Waals surface area contributed by atoms with Gasteiger partial charge in [-0.15, -0.1) is 0 Å². The molecule has 0 aliphatic heterocycles. The van der Waals surface area contributed by atoms with Gasteiger partial charge in [-0.25, -0.2) is 0 Å². The lowest BCUT2D eigenvalue weighted by molar-refractivity contribution is 0.0953. The molecule has 1 rings (SSSR count). The van der Waals surface area contributed by atoms with Crippen molar-refractivity contribution in [1.29, 1.82) is 0 Å². The number of amides is 1. The van der Waals surface area contributed by atoms with Crippen LogP contribution in [0.15, 0.2) is 24.3 Å². The lowest BCUT2D eigenvalue weighted by atomic mass is 10.1. The summed E-state index contributed by atoms with van der Waals surface area (Å²) in [5.41, 5.74) is 7.32. The molecule has 1 unspecified atom stereocenters. The molecular formula is C13H21N3O. The van der Waals surface area contributed by atoms with Gasteiger partial charge in [-0.3, -0.25) is 4.79 Å². The zero-order valence-electron chi connectivity index (χ0n) is 10.7. The molecule has 17 heavy (non-hydrogen) atoms. The van der Waals surface area contributed by atoms with Crippen LogP contribution in [0.25, 0.3) is 0 Å². The van der Waals surface area contributed by atoms with Crippen LogP contribution in [0.5, 0.6) is 0 Å². The summed E-state index contributed by atoms with van der Waals surface area (Å²) in [5.74, 6) is -0.0469. The first-order valence-corrected chi connectivity index (χ1v) is 5.82. The van der Waals surface area contributed by atoms with Crippen molar-refractivity contribution in [3.05, 3.63) is 29.8 Å². The maximum Gasteiger partial charge on any atom is 0.251 e. The molecule has 0 fully saturated rings. The van der Waals surface area contributed by atoms with E-state index in [9.17, 15) is 4.79 Å². The molecule has 0 spiro atoms. The molecular weight excluding hydrogens is 214 g/mol. The van der Waals surface area contributed by atoms with Crippen LogP contribution in [-0.4, -0.2) is 32.6 Å². The summed E-state index contributed by atoms with van der Waals surface area (Å²) in [7, 11) is 3.90. The van der Waals surface area contributed by atoms with Gasteiger partial charge in [0.15, 0.2) is 0 Å². The molecule has 0 saturated heterocycles. The third-order valence-corrected chi connectivity index (χ3v) is 2.51. The minimum Gasteiger partial charge on any atom is -0.378 e. The van der Waals surface area contributed by atoms with Crippen LogP contribution >= 0.6 is 0 Å². The standard InChI is InChI=1S/C13H21N3O/c1-10(14)7-8-15-13(17)11-5-4-6-12(9-11)16(2)3/h4-6,9-10H,7-8,14H2,1-3H3,(H,15,17). The smallest absolute Gasteiger partial charge is 0.251 e. The summed E-state index contributed by atoms with van der Waals surface area (Å²) in [6.07, 6.45) is 0.791. The number of hydrogen-bond donors (Lipinski definition) is 2. The molecule has 1 amide bonds. The SMILES string of the molecule is CC(N)CCNC(=O)c1cccc(N(C)C)c1. The van der Waals surface area contributed by atoms with Gasteiger partial charge in [-0.2, -0.15) is 0 Å². The normalized spacial score (nSPS) is 12.0. The molecule has 94 valence electrons. The number of carbonyl (C=O) groups excluding carboxylic acids is 1. The van der Waals surface area contributed by atoms with Crippen LogP contribution in [0, 0.1) is 0 Å². The number of carbonyl (C=O) groups is 1. The Morgan fingerprint density at radius 1 is 1.47 bits per heavy atom. The van der Waals surface area contributed by atoms with Gasteiger partial charge in [0.2, 0.25) is 0 Å². The van der Waals surface area contributed by atoms with Gasteiger partial charge in [-0.05, 0) is 31.5 Å². The van der Waals surface area contributed by atoms with E-state index in [0.717, 1.165) is 12.1 Å². The molecule has 3 N–H and O–H groups in total. The van der Waals surface area contributed by atoms with E-state index in [-0.39, 0.29) is 11.9 Å². The third kappa shape index (κ3) is 4.44. The number of nitrogens with zero attached hydrogens (tertiary/aromatic N) is 1. The molecule has 0 aromatic heterocycles. The maximum atomic E-state index is 11.8. The lowest BCUT2D eigenvalue weighted by Gasteiger charge is -2.13. The van der Waals surface area contributed by atoms with Crippen LogP contribution in [0.4, 0.5) is 5.69 Å². The average Bonchev–Trinajstić information content (AvgIpc) is 2.28. The summed E-state index contributed by atoms with van der Waals surface area (Å²) < 4.78 is 0. The number of nitrogens with one attached hydrogen (secondary N) is 1. The van der Waals surface area contributed by atoms with E-state index in [1.54, 1.807) is 0 Å². The Morgan fingerprint density at radius 3 is 2.76 bits per heavy atom. The van der Waals surface area contributed by atoms with Crippen molar-refractivity contribution in [2.24, 2.45) is 5.73 Å². The number of anilines is 1. The molecule has 0 aliphatic carbocycles. The van der Waals surface area contributed by atoms with Gasteiger partial charge in [0.1, 0.15) is 0 Å². The summed E-state index contributed by atoms with van der Waals surface area (Å²) in [5, 5.41) is 2.86. The Balaban J connectivity index is 2.59. The third-order valence-electron chi connectivity index (χ3n) is 2.51. The largest absolute Gasteiger partial charge is 0.378 e. The highest BCUT2D eigenvalue weighted by molar-refractivity contribution is 5.95. The molecule has 0 heterocycles. The molecule has 0 bridgehead atoms. The zero-order valence-corrected chi connectivity index (χ0v) is 10.7. The highest BCUT2D eigenvalue weighted by atomic mass is 16.1. The number of rotatable bonds is 5.